The van der Waals surface area contributed by atoms with Crippen molar-refractivity contribution in [3.63, 3.8) is 0 Å². The van der Waals surface area contributed by atoms with E-state index >= 15 is 0 Å². The highest BCUT2D eigenvalue weighted by molar-refractivity contribution is 5.38. The third-order valence-corrected chi connectivity index (χ3v) is 2.62. The van der Waals surface area contributed by atoms with E-state index in [2.05, 4.69) is 10.3 Å². The van der Waals surface area contributed by atoms with Gasteiger partial charge in [0.2, 0.25) is 0 Å². The van der Waals surface area contributed by atoms with Crippen LogP contribution in [0.2, 0.25) is 0 Å². The molecule has 0 bridgehead atoms. The van der Waals surface area contributed by atoms with Crippen molar-refractivity contribution in [1.29, 1.82) is 0 Å². The van der Waals surface area contributed by atoms with Gasteiger partial charge in [-0.3, -0.25) is 0 Å². The summed E-state index contributed by atoms with van der Waals surface area (Å²) in [4.78, 5) is 3.72. The molecular weight excluding hydrogens is 219 g/mol. The Morgan fingerprint density at radius 2 is 2.00 bits per heavy atom. The lowest BCUT2D eigenvalue weighted by atomic mass is 9.88. The fraction of sp³-hybridized carbons (Fsp3) is 0.500. The van der Waals surface area contributed by atoms with E-state index in [0.717, 1.165) is 25.1 Å². The van der Waals surface area contributed by atoms with E-state index in [4.69, 9.17) is 5.73 Å². The topological polar surface area (TPSA) is 50.9 Å². The Bertz CT molecular complexity index is 355. The van der Waals surface area contributed by atoms with Crippen molar-refractivity contribution >= 4 is 5.82 Å². The van der Waals surface area contributed by atoms with Crippen LogP contribution < -0.4 is 11.1 Å². The van der Waals surface area contributed by atoms with Crippen LogP contribution in [0.15, 0.2) is 18.3 Å². The molecule has 1 aromatic rings. The largest absolute Gasteiger partial charge is 0.417 e. The summed E-state index contributed by atoms with van der Waals surface area (Å²) in [6.07, 6.45) is -1.82. The number of halogens is 3. The van der Waals surface area contributed by atoms with E-state index in [1.165, 1.54) is 6.07 Å². The minimum Gasteiger partial charge on any atom is -0.367 e. The predicted molar refractivity (Wildman–Crippen MR) is 53.9 cm³/mol. The lowest BCUT2D eigenvalue weighted by Crippen LogP contribution is -2.44. The normalized spacial score (nSPS) is 25.0. The van der Waals surface area contributed by atoms with Crippen molar-refractivity contribution in [1.82, 2.24) is 4.98 Å². The van der Waals surface area contributed by atoms with Gasteiger partial charge in [-0.1, -0.05) is 0 Å². The van der Waals surface area contributed by atoms with E-state index in [9.17, 15) is 13.2 Å². The van der Waals surface area contributed by atoms with Gasteiger partial charge in [-0.2, -0.15) is 13.2 Å². The molecule has 3 nitrogen and oxygen atoms in total. The molecule has 3 N–H and O–H groups in total. The van der Waals surface area contributed by atoms with Gasteiger partial charge in [0.1, 0.15) is 5.82 Å². The van der Waals surface area contributed by atoms with Crippen LogP contribution in [0.25, 0.3) is 0 Å². The summed E-state index contributed by atoms with van der Waals surface area (Å²) in [5, 5.41) is 3.03. The van der Waals surface area contributed by atoms with E-state index in [-0.39, 0.29) is 12.1 Å². The van der Waals surface area contributed by atoms with E-state index in [1.54, 1.807) is 0 Å². The smallest absolute Gasteiger partial charge is 0.367 e. The van der Waals surface area contributed by atoms with Crippen LogP contribution in [0.1, 0.15) is 18.4 Å². The van der Waals surface area contributed by atoms with Gasteiger partial charge in [-0.15, -0.1) is 0 Å². The van der Waals surface area contributed by atoms with Crippen molar-refractivity contribution in [2.24, 2.45) is 5.73 Å². The third-order valence-electron chi connectivity index (χ3n) is 2.62. The Labute approximate surface area is 90.9 Å². The fourth-order valence-corrected chi connectivity index (χ4v) is 1.64. The summed E-state index contributed by atoms with van der Waals surface area (Å²) in [6.45, 7) is 0. The second-order valence-electron chi connectivity index (χ2n) is 4.00. The maximum Gasteiger partial charge on any atom is 0.417 e. The maximum atomic E-state index is 12.2. The first-order chi connectivity index (χ1) is 7.45. The number of aromatic nitrogens is 1. The van der Waals surface area contributed by atoms with Gasteiger partial charge in [0, 0.05) is 18.3 Å². The molecule has 1 saturated carbocycles. The first kappa shape index (κ1) is 11.2. The number of hydrogen-bond acceptors (Lipinski definition) is 3. The third kappa shape index (κ3) is 2.44. The highest BCUT2D eigenvalue weighted by Gasteiger charge is 2.31. The molecule has 0 spiro atoms. The Hall–Kier alpha value is -1.30. The highest BCUT2D eigenvalue weighted by atomic mass is 19.4. The minimum absolute atomic E-state index is 0.201. The SMILES string of the molecule is N[C@H]1C[C@H](Nc2ccc(C(F)(F)F)cn2)C1. The van der Waals surface area contributed by atoms with Crippen molar-refractivity contribution in [2.45, 2.75) is 31.1 Å². The van der Waals surface area contributed by atoms with E-state index in [1.807, 2.05) is 0 Å². The van der Waals surface area contributed by atoms with Gasteiger partial charge in [0.05, 0.1) is 5.56 Å². The molecule has 0 unspecified atom stereocenters. The number of nitrogens with zero attached hydrogens (tertiary/aromatic N) is 1. The molecule has 1 aliphatic carbocycles. The molecule has 16 heavy (non-hydrogen) atoms. The summed E-state index contributed by atoms with van der Waals surface area (Å²) in [5.41, 5.74) is 4.86. The summed E-state index contributed by atoms with van der Waals surface area (Å²) < 4.78 is 36.7. The lowest BCUT2D eigenvalue weighted by Gasteiger charge is -2.33. The molecule has 2 rings (SSSR count). The van der Waals surface area contributed by atoms with Crippen LogP contribution in [0, 0.1) is 0 Å². The molecule has 0 atom stereocenters. The quantitative estimate of drug-likeness (QED) is 0.818. The average Bonchev–Trinajstić information content (AvgIpc) is 2.15. The Balaban J connectivity index is 1.97. The van der Waals surface area contributed by atoms with Crippen LogP contribution in [0.3, 0.4) is 0 Å². The number of alkyl halides is 3. The number of nitrogens with two attached hydrogens (primary N) is 1. The molecule has 6 heteroatoms. The molecule has 0 radical (unpaired) electrons. The zero-order chi connectivity index (χ0) is 11.8. The molecule has 0 saturated heterocycles. The van der Waals surface area contributed by atoms with Crippen LogP contribution in [0.4, 0.5) is 19.0 Å². The Kier molecular flexibility index (Phi) is 2.75. The van der Waals surface area contributed by atoms with Gasteiger partial charge in [-0.25, -0.2) is 4.98 Å². The van der Waals surface area contributed by atoms with Crippen LogP contribution in [0.5, 0.6) is 0 Å². The molecule has 1 fully saturated rings. The van der Waals surface area contributed by atoms with E-state index in [0.29, 0.717) is 5.82 Å². The zero-order valence-electron chi connectivity index (χ0n) is 8.46. The minimum atomic E-state index is -4.33. The van der Waals surface area contributed by atoms with Crippen LogP contribution in [-0.2, 0) is 6.18 Å². The first-order valence-electron chi connectivity index (χ1n) is 5.00. The average molecular weight is 231 g/mol. The summed E-state index contributed by atoms with van der Waals surface area (Å²) >= 11 is 0. The highest BCUT2D eigenvalue weighted by Crippen LogP contribution is 2.29. The first-order valence-corrected chi connectivity index (χ1v) is 5.00. The van der Waals surface area contributed by atoms with Crippen molar-refractivity contribution in [3.8, 4) is 0 Å². The summed E-state index contributed by atoms with van der Waals surface area (Å²) in [5.74, 6) is 0.463. The van der Waals surface area contributed by atoms with Crippen LogP contribution >= 0.6 is 0 Å². The van der Waals surface area contributed by atoms with Gasteiger partial charge in [-0.05, 0) is 25.0 Å². The maximum absolute atomic E-state index is 12.2. The summed E-state index contributed by atoms with van der Waals surface area (Å²) in [7, 11) is 0. The lowest BCUT2D eigenvalue weighted by molar-refractivity contribution is -0.137. The van der Waals surface area contributed by atoms with Gasteiger partial charge >= 0.3 is 6.18 Å². The van der Waals surface area contributed by atoms with Crippen LogP contribution in [-0.4, -0.2) is 17.1 Å². The molecule has 1 aromatic heterocycles. The van der Waals surface area contributed by atoms with Gasteiger partial charge in [0.25, 0.3) is 0 Å². The molecule has 88 valence electrons. The zero-order valence-corrected chi connectivity index (χ0v) is 8.46. The number of nitrogens with one attached hydrogen (secondary N) is 1. The molecule has 0 amide bonds. The second-order valence-corrected chi connectivity index (χ2v) is 4.00. The van der Waals surface area contributed by atoms with Crippen molar-refractivity contribution < 1.29 is 13.2 Å². The fourth-order valence-electron chi connectivity index (χ4n) is 1.64. The Morgan fingerprint density at radius 3 is 2.44 bits per heavy atom. The van der Waals surface area contributed by atoms with Gasteiger partial charge < -0.3 is 11.1 Å². The number of pyridine rings is 1. The van der Waals surface area contributed by atoms with Crippen molar-refractivity contribution in [2.75, 3.05) is 5.32 Å². The van der Waals surface area contributed by atoms with Crippen molar-refractivity contribution in [3.05, 3.63) is 23.9 Å². The number of rotatable bonds is 2. The number of hydrogen-bond donors (Lipinski definition) is 2. The summed E-state index contributed by atoms with van der Waals surface area (Å²) in [6, 6.07) is 2.80. The molecule has 1 aliphatic rings. The monoisotopic (exact) mass is 231 g/mol. The Morgan fingerprint density at radius 1 is 1.31 bits per heavy atom. The molecule has 1 heterocycles. The standard InChI is InChI=1S/C10H12F3N3/c11-10(12,13)6-1-2-9(15-5-6)16-8-3-7(14)4-8/h1-2,5,7-8H,3-4,14H2,(H,15,16)/t7-,8-. The predicted octanol–water partition coefficient (Wildman–Crippen LogP) is 2.00. The van der Waals surface area contributed by atoms with E-state index < -0.39 is 11.7 Å². The molecular formula is C10H12F3N3. The van der Waals surface area contributed by atoms with Gasteiger partial charge in [0.15, 0.2) is 0 Å². The number of anilines is 1. The second kappa shape index (κ2) is 3.93. The molecule has 0 aromatic carbocycles. The molecule has 0 aliphatic heterocycles.